The first kappa shape index (κ1) is 11.6. The summed E-state index contributed by atoms with van der Waals surface area (Å²) in [6.45, 7) is 0. The number of anilines is 1. The van der Waals surface area contributed by atoms with E-state index in [0.29, 0.717) is 16.3 Å². The van der Waals surface area contributed by atoms with Gasteiger partial charge in [-0.2, -0.15) is 0 Å². The molecule has 0 bridgehead atoms. The monoisotopic (exact) mass is 249 g/mol. The fourth-order valence-electron chi connectivity index (χ4n) is 1.54. The van der Waals surface area contributed by atoms with E-state index in [2.05, 4.69) is 0 Å². The Hall–Kier alpha value is -1.87. The van der Waals surface area contributed by atoms with E-state index in [-0.39, 0.29) is 11.3 Å². The van der Waals surface area contributed by atoms with Gasteiger partial charge in [-0.1, -0.05) is 23.7 Å². The summed E-state index contributed by atoms with van der Waals surface area (Å²) in [6, 6.07) is 10.1. The molecular weight excluding hydrogens is 241 g/mol. The molecule has 2 nitrogen and oxygen atoms in total. The molecule has 2 N–H and O–H groups in total. The maximum atomic E-state index is 13.0. The van der Waals surface area contributed by atoms with Gasteiger partial charge in [-0.15, -0.1) is 0 Å². The van der Waals surface area contributed by atoms with Gasteiger partial charge < -0.3 is 5.73 Å². The molecule has 2 aromatic rings. The van der Waals surface area contributed by atoms with Crippen LogP contribution < -0.4 is 5.73 Å². The number of carbonyl (C=O) groups is 1. The molecule has 0 atom stereocenters. The van der Waals surface area contributed by atoms with E-state index in [9.17, 15) is 9.18 Å². The average molecular weight is 250 g/mol. The molecule has 86 valence electrons. The van der Waals surface area contributed by atoms with Crippen molar-refractivity contribution in [3.05, 3.63) is 64.4 Å². The minimum atomic E-state index is -0.453. The highest BCUT2D eigenvalue weighted by atomic mass is 35.5. The van der Waals surface area contributed by atoms with Crippen LogP contribution in [0.4, 0.5) is 10.1 Å². The van der Waals surface area contributed by atoms with Crippen molar-refractivity contribution in [3.63, 3.8) is 0 Å². The molecule has 0 heterocycles. The van der Waals surface area contributed by atoms with Crippen molar-refractivity contribution >= 4 is 23.1 Å². The van der Waals surface area contributed by atoms with Gasteiger partial charge in [-0.25, -0.2) is 4.39 Å². The molecule has 0 aliphatic heterocycles. The molecular formula is C13H9ClFNO. The van der Waals surface area contributed by atoms with Crippen LogP contribution in [0.3, 0.4) is 0 Å². The second-order valence-corrected chi connectivity index (χ2v) is 4.05. The number of benzene rings is 2. The van der Waals surface area contributed by atoms with Gasteiger partial charge in [0.25, 0.3) is 0 Å². The topological polar surface area (TPSA) is 43.1 Å². The van der Waals surface area contributed by atoms with Crippen LogP contribution in [0.25, 0.3) is 0 Å². The molecule has 0 fully saturated rings. The van der Waals surface area contributed by atoms with Crippen LogP contribution in [0.1, 0.15) is 15.9 Å². The van der Waals surface area contributed by atoms with Crippen molar-refractivity contribution in [1.82, 2.24) is 0 Å². The van der Waals surface area contributed by atoms with Gasteiger partial charge in [0.05, 0.1) is 0 Å². The van der Waals surface area contributed by atoms with Gasteiger partial charge in [-0.3, -0.25) is 4.79 Å². The Balaban J connectivity index is 2.43. The van der Waals surface area contributed by atoms with Crippen molar-refractivity contribution in [2.24, 2.45) is 0 Å². The van der Waals surface area contributed by atoms with E-state index in [4.69, 9.17) is 17.3 Å². The molecule has 0 aliphatic rings. The lowest BCUT2D eigenvalue weighted by molar-refractivity contribution is 0.103. The molecule has 0 unspecified atom stereocenters. The molecule has 0 amide bonds. The number of hydrogen-bond donors (Lipinski definition) is 1. The van der Waals surface area contributed by atoms with Gasteiger partial charge in [0, 0.05) is 21.8 Å². The number of carbonyl (C=O) groups excluding carboxylic acids is 1. The number of halogens is 2. The SMILES string of the molecule is Nc1cc(Cl)cc(C(=O)c2cccc(F)c2)c1. The number of hydrogen-bond acceptors (Lipinski definition) is 2. The molecule has 0 aliphatic carbocycles. The number of rotatable bonds is 2. The molecule has 0 saturated carbocycles. The summed E-state index contributed by atoms with van der Waals surface area (Å²) in [5, 5.41) is 0.379. The van der Waals surface area contributed by atoms with E-state index in [1.54, 1.807) is 12.1 Å². The summed E-state index contributed by atoms with van der Waals surface area (Å²) in [5.41, 5.74) is 6.61. The Kier molecular flexibility index (Phi) is 3.11. The van der Waals surface area contributed by atoms with Crippen LogP contribution in [-0.2, 0) is 0 Å². The fraction of sp³-hybridized carbons (Fsp3) is 0. The molecule has 17 heavy (non-hydrogen) atoms. The highest BCUT2D eigenvalue weighted by Gasteiger charge is 2.11. The predicted octanol–water partition coefficient (Wildman–Crippen LogP) is 3.29. The van der Waals surface area contributed by atoms with E-state index in [1.165, 1.54) is 30.3 Å². The Bertz CT molecular complexity index is 563. The average Bonchev–Trinajstić information content (AvgIpc) is 2.26. The third kappa shape index (κ3) is 2.63. The summed E-state index contributed by atoms with van der Waals surface area (Å²) in [7, 11) is 0. The van der Waals surface area contributed by atoms with Crippen molar-refractivity contribution in [1.29, 1.82) is 0 Å². The van der Waals surface area contributed by atoms with Crippen molar-refractivity contribution in [2.45, 2.75) is 0 Å². The third-order valence-corrected chi connectivity index (χ3v) is 2.49. The predicted molar refractivity (Wildman–Crippen MR) is 65.7 cm³/mol. The van der Waals surface area contributed by atoms with Crippen LogP contribution in [-0.4, -0.2) is 5.78 Å². The van der Waals surface area contributed by atoms with Gasteiger partial charge >= 0.3 is 0 Å². The maximum absolute atomic E-state index is 13.0. The smallest absolute Gasteiger partial charge is 0.193 e. The molecule has 2 rings (SSSR count). The Labute approximate surface area is 103 Å². The zero-order chi connectivity index (χ0) is 12.4. The van der Waals surface area contributed by atoms with Crippen molar-refractivity contribution < 1.29 is 9.18 Å². The molecule has 0 aromatic heterocycles. The maximum Gasteiger partial charge on any atom is 0.193 e. The van der Waals surface area contributed by atoms with Gasteiger partial charge in [-0.05, 0) is 30.3 Å². The Morgan fingerprint density at radius 2 is 1.88 bits per heavy atom. The lowest BCUT2D eigenvalue weighted by atomic mass is 10.0. The quantitative estimate of drug-likeness (QED) is 0.656. The minimum Gasteiger partial charge on any atom is -0.399 e. The third-order valence-electron chi connectivity index (χ3n) is 2.27. The van der Waals surface area contributed by atoms with E-state index in [0.717, 1.165) is 0 Å². The summed E-state index contributed by atoms with van der Waals surface area (Å²) in [5.74, 6) is -0.760. The second-order valence-electron chi connectivity index (χ2n) is 3.61. The highest BCUT2D eigenvalue weighted by molar-refractivity contribution is 6.31. The first-order chi connectivity index (χ1) is 8.06. The number of nitrogens with two attached hydrogens (primary N) is 1. The lowest BCUT2D eigenvalue weighted by Crippen LogP contribution is -2.02. The lowest BCUT2D eigenvalue weighted by Gasteiger charge is -2.03. The molecule has 2 aromatic carbocycles. The van der Waals surface area contributed by atoms with Crippen LogP contribution in [0, 0.1) is 5.82 Å². The summed E-state index contributed by atoms with van der Waals surface area (Å²) in [6.07, 6.45) is 0. The standard InChI is InChI=1S/C13H9ClFNO/c14-10-4-9(6-12(16)7-10)13(17)8-2-1-3-11(15)5-8/h1-7H,16H2. The van der Waals surface area contributed by atoms with Crippen LogP contribution in [0.2, 0.25) is 5.02 Å². The van der Waals surface area contributed by atoms with E-state index in [1.807, 2.05) is 0 Å². The zero-order valence-corrected chi connectivity index (χ0v) is 9.54. The van der Waals surface area contributed by atoms with Crippen LogP contribution in [0.15, 0.2) is 42.5 Å². The normalized spacial score (nSPS) is 10.2. The van der Waals surface area contributed by atoms with Gasteiger partial charge in [0.15, 0.2) is 5.78 Å². The summed E-state index contributed by atoms with van der Waals surface area (Å²) < 4.78 is 13.0. The van der Waals surface area contributed by atoms with Crippen LogP contribution >= 0.6 is 11.6 Å². The molecule has 0 saturated heterocycles. The first-order valence-corrected chi connectivity index (χ1v) is 5.30. The zero-order valence-electron chi connectivity index (χ0n) is 8.78. The summed E-state index contributed by atoms with van der Waals surface area (Å²) >= 11 is 5.81. The summed E-state index contributed by atoms with van der Waals surface area (Å²) in [4.78, 5) is 12.0. The molecule has 4 heteroatoms. The largest absolute Gasteiger partial charge is 0.399 e. The second kappa shape index (κ2) is 4.55. The van der Waals surface area contributed by atoms with Gasteiger partial charge in [0.1, 0.15) is 5.82 Å². The highest BCUT2D eigenvalue weighted by Crippen LogP contribution is 2.19. The minimum absolute atomic E-state index is 0.270. The van der Waals surface area contributed by atoms with Crippen molar-refractivity contribution in [3.8, 4) is 0 Å². The van der Waals surface area contributed by atoms with Crippen molar-refractivity contribution in [2.75, 3.05) is 5.73 Å². The van der Waals surface area contributed by atoms with E-state index < -0.39 is 5.82 Å². The fourth-order valence-corrected chi connectivity index (χ4v) is 1.78. The number of ketones is 1. The van der Waals surface area contributed by atoms with Gasteiger partial charge in [0.2, 0.25) is 0 Å². The van der Waals surface area contributed by atoms with Crippen LogP contribution in [0.5, 0.6) is 0 Å². The first-order valence-electron chi connectivity index (χ1n) is 4.92. The Morgan fingerprint density at radius 1 is 1.12 bits per heavy atom. The van der Waals surface area contributed by atoms with E-state index >= 15 is 0 Å². The molecule has 0 radical (unpaired) electrons. The number of nitrogen functional groups attached to an aromatic ring is 1. The molecule has 0 spiro atoms. The Morgan fingerprint density at radius 3 is 2.53 bits per heavy atom.